The number of methoxy groups -OCH3 is 1. The summed E-state index contributed by atoms with van der Waals surface area (Å²) in [5, 5.41) is 8.14. The Bertz CT molecular complexity index is 898. The summed E-state index contributed by atoms with van der Waals surface area (Å²) in [6.07, 6.45) is 6.31. The highest BCUT2D eigenvalue weighted by Crippen LogP contribution is 2.21. The number of rotatable bonds is 4. The molecule has 8 heteroatoms. The fraction of sp³-hybridized carbons (Fsp3) is 0.389. The van der Waals surface area contributed by atoms with E-state index in [1.54, 1.807) is 24.7 Å². The van der Waals surface area contributed by atoms with Gasteiger partial charge < -0.3 is 9.64 Å². The van der Waals surface area contributed by atoms with Gasteiger partial charge in [0.25, 0.3) is 0 Å². The number of anilines is 1. The molecule has 2 aromatic heterocycles. The first-order valence-corrected chi connectivity index (χ1v) is 8.68. The Balaban J connectivity index is 1.45. The standard InChI is InChI=1S/C18H21FN6O/c1-26-16-4-3-14(11-15(16)19)12-23-6-2-7-24(10-9-23)17-18-22-21-13-25(18)8-5-20-17/h3-5,8,11,13H,2,6-7,9-10,12H2,1H3. The van der Waals surface area contributed by atoms with E-state index in [9.17, 15) is 4.39 Å². The molecule has 3 heterocycles. The number of nitrogens with zero attached hydrogens (tertiary/aromatic N) is 6. The van der Waals surface area contributed by atoms with Gasteiger partial charge in [-0.3, -0.25) is 9.30 Å². The van der Waals surface area contributed by atoms with E-state index in [0.717, 1.165) is 56.2 Å². The van der Waals surface area contributed by atoms with Gasteiger partial charge in [0.2, 0.25) is 5.65 Å². The fourth-order valence-corrected chi connectivity index (χ4v) is 3.38. The zero-order valence-corrected chi connectivity index (χ0v) is 14.7. The van der Waals surface area contributed by atoms with Crippen molar-refractivity contribution in [3.63, 3.8) is 0 Å². The topological polar surface area (TPSA) is 58.8 Å². The number of hydrogen-bond donors (Lipinski definition) is 0. The van der Waals surface area contributed by atoms with E-state index in [2.05, 4.69) is 25.0 Å². The molecule has 0 amide bonds. The van der Waals surface area contributed by atoms with E-state index in [4.69, 9.17) is 4.74 Å². The highest BCUT2D eigenvalue weighted by molar-refractivity contribution is 5.63. The first kappa shape index (κ1) is 16.7. The minimum absolute atomic E-state index is 0.281. The molecule has 0 N–H and O–H groups in total. The Morgan fingerprint density at radius 1 is 1.19 bits per heavy atom. The number of halogens is 1. The molecular weight excluding hydrogens is 335 g/mol. The number of benzene rings is 1. The van der Waals surface area contributed by atoms with Gasteiger partial charge in [0.1, 0.15) is 6.33 Å². The summed E-state index contributed by atoms with van der Waals surface area (Å²) in [5.41, 5.74) is 1.73. The van der Waals surface area contributed by atoms with Gasteiger partial charge >= 0.3 is 0 Å². The van der Waals surface area contributed by atoms with Crippen molar-refractivity contribution in [3.8, 4) is 5.75 Å². The molecule has 136 valence electrons. The largest absolute Gasteiger partial charge is 0.494 e. The Labute approximate surface area is 151 Å². The van der Waals surface area contributed by atoms with Gasteiger partial charge in [0.15, 0.2) is 17.4 Å². The summed E-state index contributed by atoms with van der Waals surface area (Å²) in [6.45, 7) is 4.31. The van der Waals surface area contributed by atoms with E-state index in [0.29, 0.717) is 0 Å². The van der Waals surface area contributed by atoms with Gasteiger partial charge in [-0.25, -0.2) is 9.37 Å². The van der Waals surface area contributed by atoms with Gasteiger partial charge in [-0.1, -0.05) is 6.07 Å². The third-order valence-electron chi connectivity index (χ3n) is 4.71. The van der Waals surface area contributed by atoms with Crippen LogP contribution >= 0.6 is 0 Å². The van der Waals surface area contributed by atoms with Crippen molar-refractivity contribution < 1.29 is 9.13 Å². The van der Waals surface area contributed by atoms with Crippen molar-refractivity contribution >= 4 is 11.5 Å². The lowest BCUT2D eigenvalue weighted by Gasteiger charge is -2.23. The SMILES string of the molecule is COc1ccc(CN2CCCN(c3nccn4cnnc34)CC2)cc1F. The van der Waals surface area contributed by atoms with Crippen LogP contribution in [0.15, 0.2) is 36.9 Å². The second-order valence-corrected chi connectivity index (χ2v) is 6.40. The minimum atomic E-state index is -0.316. The maximum Gasteiger partial charge on any atom is 0.203 e. The van der Waals surface area contributed by atoms with E-state index in [1.165, 1.54) is 7.11 Å². The molecule has 0 bridgehead atoms. The molecule has 0 atom stereocenters. The molecule has 1 saturated heterocycles. The smallest absolute Gasteiger partial charge is 0.203 e. The summed E-state index contributed by atoms with van der Waals surface area (Å²) < 4.78 is 20.8. The van der Waals surface area contributed by atoms with Crippen LogP contribution in [-0.4, -0.2) is 57.8 Å². The average Bonchev–Trinajstić information content (AvgIpc) is 3.02. The highest BCUT2D eigenvalue weighted by atomic mass is 19.1. The van der Waals surface area contributed by atoms with Crippen LogP contribution in [0, 0.1) is 5.82 Å². The molecule has 1 aromatic carbocycles. The second kappa shape index (κ2) is 7.25. The normalized spacial score (nSPS) is 16.0. The van der Waals surface area contributed by atoms with Crippen LogP contribution in [0.1, 0.15) is 12.0 Å². The molecule has 1 fully saturated rings. The molecule has 0 aliphatic carbocycles. The van der Waals surface area contributed by atoms with Crippen LogP contribution in [0.2, 0.25) is 0 Å². The van der Waals surface area contributed by atoms with Crippen molar-refractivity contribution in [3.05, 3.63) is 48.3 Å². The third-order valence-corrected chi connectivity index (χ3v) is 4.71. The molecule has 0 spiro atoms. The highest BCUT2D eigenvalue weighted by Gasteiger charge is 2.19. The summed E-state index contributed by atoms with van der Waals surface area (Å²) >= 11 is 0. The Kier molecular flexibility index (Phi) is 4.66. The quantitative estimate of drug-likeness (QED) is 0.713. The predicted molar refractivity (Wildman–Crippen MR) is 95.8 cm³/mol. The lowest BCUT2D eigenvalue weighted by Crippen LogP contribution is -2.31. The Hall–Kier alpha value is -2.74. The lowest BCUT2D eigenvalue weighted by atomic mass is 10.2. The van der Waals surface area contributed by atoms with Crippen LogP contribution in [-0.2, 0) is 6.54 Å². The molecule has 4 rings (SSSR count). The Morgan fingerprint density at radius 3 is 2.96 bits per heavy atom. The molecular formula is C18H21FN6O. The summed E-state index contributed by atoms with van der Waals surface area (Å²) in [4.78, 5) is 9.09. The molecule has 26 heavy (non-hydrogen) atoms. The predicted octanol–water partition coefficient (Wildman–Crippen LogP) is 1.98. The number of fused-ring (bicyclic) bond motifs is 1. The van der Waals surface area contributed by atoms with Gasteiger partial charge in [-0.05, 0) is 24.1 Å². The van der Waals surface area contributed by atoms with E-state index < -0.39 is 0 Å². The maximum absolute atomic E-state index is 13.9. The Morgan fingerprint density at radius 2 is 2.12 bits per heavy atom. The fourth-order valence-electron chi connectivity index (χ4n) is 3.38. The van der Waals surface area contributed by atoms with Gasteiger partial charge in [-0.2, -0.15) is 0 Å². The van der Waals surface area contributed by atoms with Gasteiger partial charge in [0.05, 0.1) is 7.11 Å². The lowest BCUT2D eigenvalue weighted by molar-refractivity contribution is 0.284. The van der Waals surface area contributed by atoms with Gasteiger partial charge in [-0.15, -0.1) is 10.2 Å². The van der Waals surface area contributed by atoms with Crippen LogP contribution < -0.4 is 9.64 Å². The van der Waals surface area contributed by atoms with Crippen LogP contribution in [0.25, 0.3) is 5.65 Å². The van der Waals surface area contributed by atoms with E-state index in [-0.39, 0.29) is 11.6 Å². The van der Waals surface area contributed by atoms with Gasteiger partial charge in [0, 0.05) is 45.1 Å². The molecule has 7 nitrogen and oxygen atoms in total. The first-order chi connectivity index (χ1) is 12.7. The average molecular weight is 356 g/mol. The van der Waals surface area contributed by atoms with E-state index in [1.807, 2.05) is 16.7 Å². The molecule has 1 aliphatic rings. The minimum Gasteiger partial charge on any atom is -0.494 e. The zero-order chi connectivity index (χ0) is 17.9. The number of ether oxygens (including phenoxy) is 1. The van der Waals surface area contributed by atoms with Crippen molar-refractivity contribution in [1.82, 2.24) is 24.5 Å². The van der Waals surface area contributed by atoms with Crippen molar-refractivity contribution in [2.45, 2.75) is 13.0 Å². The van der Waals surface area contributed by atoms with Crippen molar-refractivity contribution in [2.75, 3.05) is 38.2 Å². The molecule has 1 aliphatic heterocycles. The summed E-state index contributed by atoms with van der Waals surface area (Å²) in [6, 6.07) is 5.16. The molecule has 0 saturated carbocycles. The van der Waals surface area contributed by atoms with Crippen LogP contribution in [0.5, 0.6) is 5.75 Å². The number of hydrogen-bond acceptors (Lipinski definition) is 6. The maximum atomic E-state index is 13.9. The molecule has 3 aromatic rings. The summed E-state index contributed by atoms with van der Waals surface area (Å²) in [7, 11) is 1.48. The monoisotopic (exact) mass is 356 g/mol. The first-order valence-electron chi connectivity index (χ1n) is 8.68. The van der Waals surface area contributed by atoms with Crippen LogP contribution in [0.4, 0.5) is 10.2 Å². The number of aromatic nitrogens is 4. The van der Waals surface area contributed by atoms with Crippen LogP contribution in [0.3, 0.4) is 0 Å². The van der Waals surface area contributed by atoms with E-state index >= 15 is 0 Å². The third kappa shape index (κ3) is 3.32. The van der Waals surface area contributed by atoms with Crippen molar-refractivity contribution in [2.24, 2.45) is 0 Å². The van der Waals surface area contributed by atoms with Crippen molar-refractivity contribution in [1.29, 1.82) is 0 Å². The molecule has 0 radical (unpaired) electrons. The second-order valence-electron chi connectivity index (χ2n) is 6.40. The molecule has 0 unspecified atom stereocenters. The summed E-state index contributed by atoms with van der Waals surface area (Å²) in [5.74, 6) is 0.828. The zero-order valence-electron chi connectivity index (χ0n) is 14.7.